The van der Waals surface area contributed by atoms with E-state index in [0.717, 1.165) is 50.0 Å². The van der Waals surface area contributed by atoms with E-state index in [1.54, 1.807) is 6.26 Å². The molecule has 1 amide bonds. The van der Waals surface area contributed by atoms with Gasteiger partial charge in [0.1, 0.15) is 0 Å². The largest absolute Gasteiger partial charge is 0.459 e. The van der Waals surface area contributed by atoms with E-state index in [9.17, 15) is 4.79 Å². The van der Waals surface area contributed by atoms with Gasteiger partial charge in [0, 0.05) is 37.1 Å². The second-order valence-corrected chi connectivity index (χ2v) is 5.40. The maximum atomic E-state index is 12.3. The van der Waals surface area contributed by atoms with Crippen LogP contribution < -0.4 is 0 Å². The Bertz CT molecular complexity index is 405. The lowest BCUT2D eigenvalue weighted by Gasteiger charge is -2.20. The van der Waals surface area contributed by atoms with Crippen LogP contribution in [0.15, 0.2) is 16.7 Å². The SMILES string of the molecule is Cc1ccoc1C(=O)N1CCCN(CCBr)CC1. The number of carbonyl (C=O) groups is 1. The molecule has 18 heavy (non-hydrogen) atoms. The molecule has 1 aliphatic rings. The molecule has 0 aliphatic carbocycles. The zero-order chi connectivity index (χ0) is 13.0. The summed E-state index contributed by atoms with van der Waals surface area (Å²) in [5.74, 6) is 0.516. The summed E-state index contributed by atoms with van der Waals surface area (Å²) in [6.07, 6.45) is 2.61. The summed E-state index contributed by atoms with van der Waals surface area (Å²) in [4.78, 5) is 16.6. The zero-order valence-corrected chi connectivity index (χ0v) is 12.3. The highest BCUT2D eigenvalue weighted by Crippen LogP contribution is 2.14. The summed E-state index contributed by atoms with van der Waals surface area (Å²) in [6, 6.07) is 1.84. The number of nitrogens with zero attached hydrogens (tertiary/aromatic N) is 2. The van der Waals surface area contributed by atoms with Crippen LogP contribution in [0.1, 0.15) is 22.5 Å². The third-order valence-electron chi connectivity index (χ3n) is 3.33. The average Bonchev–Trinajstić information content (AvgIpc) is 2.64. The van der Waals surface area contributed by atoms with E-state index in [1.165, 1.54) is 0 Å². The van der Waals surface area contributed by atoms with E-state index < -0.39 is 0 Å². The monoisotopic (exact) mass is 314 g/mol. The van der Waals surface area contributed by atoms with Gasteiger partial charge >= 0.3 is 0 Å². The first kappa shape index (κ1) is 13.6. The molecule has 1 saturated heterocycles. The van der Waals surface area contributed by atoms with Crippen molar-refractivity contribution in [3.05, 3.63) is 23.7 Å². The van der Waals surface area contributed by atoms with Gasteiger partial charge in [-0.3, -0.25) is 4.79 Å². The van der Waals surface area contributed by atoms with Crippen molar-refractivity contribution in [2.45, 2.75) is 13.3 Å². The fourth-order valence-electron chi connectivity index (χ4n) is 2.25. The topological polar surface area (TPSA) is 36.7 Å². The summed E-state index contributed by atoms with van der Waals surface area (Å²) in [5, 5.41) is 0.984. The molecular weight excluding hydrogens is 296 g/mol. The molecule has 0 N–H and O–H groups in total. The first-order chi connectivity index (χ1) is 8.72. The standard InChI is InChI=1S/C13H19BrN2O2/c1-11-3-10-18-12(11)13(17)16-6-2-5-15(7-4-14)8-9-16/h3,10H,2,4-9H2,1H3. The number of hydrogen-bond donors (Lipinski definition) is 0. The Morgan fingerprint density at radius 3 is 2.89 bits per heavy atom. The van der Waals surface area contributed by atoms with Crippen LogP contribution in [0.25, 0.3) is 0 Å². The number of aryl methyl sites for hydroxylation is 1. The van der Waals surface area contributed by atoms with E-state index >= 15 is 0 Å². The summed E-state index contributed by atoms with van der Waals surface area (Å²) in [6.45, 7) is 6.56. The highest BCUT2D eigenvalue weighted by atomic mass is 79.9. The molecule has 4 nitrogen and oxygen atoms in total. The van der Waals surface area contributed by atoms with Gasteiger partial charge in [-0.15, -0.1) is 0 Å². The number of hydrogen-bond acceptors (Lipinski definition) is 3. The predicted octanol–water partition coefficient (Wildman–Crippen LogP) is 2.13. The molecule has 0 bridgehead atoms. The van der Waals surface area contributed by atoms with E-state index in [-0.39, 0.29) is 5.91 Å². The molecule has 2 heterocycles. The minimum atomic E-state index is 0.0261. The molecule has 2 rings (SSSR count). The van der Waals surface area contributed by atoms with Crippen LogP contribution in [-0.2, 0) is 0 Å². The summed E-state index contributed by atoms with van der Waals surface area (Å²) < 4.78 is 5.28. The molecule has 1 aromatic rings. The van der Waals surface area contributed by atoms with Gasteiger partial charge in [-0.25, -0.2) is 0 Å². The van der Waals surface area contributed by atoms with E-state index in [2.05, 4.69) is 20.8 Å². The Kier molecular flexibility index (Phi) is 4.83. The minimum absolute atomic E-state index is 0.0261. The van der Waals surface area contributed by atoms with Crippen LogP contribution in [-0.4, -0.2) is 53.8 Å². The molecule has 0 unspecified atom stereocenters. The Morgan fingerprint density at radius 1 is 1.39 bits per heavy atom. The molecule has 1 aromatic heterocycles. The van der Waals surface area contributed by atoms with Crippen molar-refractivity contribution in [2.75, 3.05) is 38.1 Å². The van der Waals surface area contributed by atoms with Crippen LogP contribution in [0.4, 0.5) is 0 Å². The first-order valence-corrected chi connectivity index (χ1v) is 7.46. The van der Waals surface area contributed by atoms with E-state index in [0.29, 0.717) is 5.76 Å². The molecule has 1 fully saturated rings. The van der Waals surface area contributed by atoms with Gasteiger partial charge in [0.25, 0.3) is 5.91 Å². The smallest absolute Gasteiger partial charge is 0.289 e. The molecular formula is C13H19BrN2O2. The van der Waals surface area contributed by atoms with Crippen molar-refractivity contribution in [2.24, 2.45) is 0 Å². The molecule has 0 atom stereocenters. The lowest BCUT2D eigenvalue weighted by atomic mass is 10.2. The minimum Gasteiger partial charge on any atom is -0.459 e. The Morgan fingerprint density at radius 2 is 2.22 bits per heavy atom. The number of furan rings is 1. The van der Waals surface area contributed by atoms with Crippen LogP contribution in [0.3, 0.4) is 0 Å². The fourth-order valence-corrected chi connectivity index (χ4v) is 2.75. The lowest BCUT2D eigenvalue weighted by Crippen LogP contribution is -2.35. The fraction of sp³-hybridized carbons (Fsp3) is 0.615. The second kappa shape index (κ2) is 6.38. The van der Waals surface area contributed by atoms with Crippen LogP contribution in [0.2, 0.25) is 0 Å². The normalized spacial score (nSPS) is 17.8. The predicted molar refractivity (Wildman–Crippen MR) is 74.2 cm³/mol. The van der Waals surface area contributed by atoms with Gasteiger partial charge in [-0.05, 0) is 26.0 Å². The molecule has 0 aromatic carbocycles. The van der Waals surface area contributed by atoms with Crippen molar-refractivity contribution in [3.8, 4) is 0 Å². The molecule has 0 saturated carbocycles. The molecule has 100 valence electrons. The third kappa shape index (κ3) is 3.14. The number of rotatable bonds is 3. The highest BCUT2D eigenvalue weighted by Gasteiger charge is 2.23. The molecule has 5 heteroatoms. The molecule has 0 radical (unpaired) electrons. The van der Waals surface area contributed by atoms with Crippen molar-refractivity contribution < 1.29 is 9.21 Å². The Hall–Kier alpha value is -0.810. The average molecular weight is 315 g/mol. The third-order valence-corrected chi connectivity index (χ3v) is 3.69. The number of halogens is 1. The second-order valence-electron chi connectivity index (χ2n) is 4.61. The molecule has 0 spiro atoms. The highest BCUT2D eigenvalue weighted by molar-refractivity contribution is 9.09. The van der Waals surface area contributed by atoms with Crippen LogP contribution in [0, 0.1) is 6.92 Å². The van der Waals surface area contributed by atoms with Crippen molar-refractivity contribution in [1.82, 2.24) is 9.80 Å². The molecule has 1 aliphatic heterocycles. The van der Waals surface area contributed by atoms with Crippen LogP contribution in [0.5, 0.6) is 0 Å². The van der Waals surface area contributed by atoms with Gasteiger partial charge < -0.3 is 14.2 Å². The lowest BCUT2D eigenvalue weighted by molar-refractivity contribution is 0.0729. The maximum Gasteiger partial charge on any atom is 0.289 e. The van der Waals surface area contributed by atoms with E-state index in [1.807, 2.05) is 17.9 Å². The summed E-state index contributed by atoms with van der Waals surface area (Å²) in [7, 11) is 0. The van der Waals surface area contributed by atoms with Gasteiger partial charge in [-0.2, -0.15) is 0 Å². The zero-order valence-electron chi connectivity index (χ0n) is 10.7. The van der Waals surface area contributed by atoms with Crippen molar-refractivity contribution in [3.63, 3.8) is 0 Å². The van der Waals surface area contributed by atoms with Crippen LogP contribution >= 0.6 is 15.9 Å². The number of amides is 1. The van der Waals surface area contributed by atoms with Crippen molar-refractivity contribution >= 4 is 21.8 Å². The first-order valence-electron chi connectivity index (χ1n) is 6.34. The quantitative estimate of drug-likeness (QED) is 0.802. The number of alkyl halides is 1. The van der Waals surface area contributed by atoms with Crippen molar-refractivity contribution in [1.29, 1.82) is 0 Å². The van der Waals surface area contributed by atoms with Gasteiger partial charge in [0.15, 0.2) is 5.76 Å². The maximum absolute atomic E-state index is 12.3. The van der Waals surface area contributed by atoms with Gasteiger partial charge in [0.05, 0.1) is 6.26 Å². The number of carbonyl (C=O) groups excluding carboxylic acids is 1. The Balaban J connectivity index is 1.98. The van der Waals surface area contributed by atoms with E-state index in [4.69, 9.17) is 4.42 Å². The van der Waals surface area contributed by atoms with Gasteiger partial charge in [-0.1, -0.05) is 15.9 Å². The Labute approximate surface area is 116 Å². The summed E-state index contributed by atoms with van der Waals surface area (Å²) in [5.41, 5.74) is 0.918. The summed E-state index contributed by atoms with van der Waals surface area (Å²) >= 11 is 3.46. The van der Waals surface area contributed by atoms with Gasteiger partial charge in [0.2, 0.25) is 0 Å².